The fourth-order valence-electron chi connectivity index (χ4n) is 6.16. The molecule has 0 radical (unpaired) electrons. The first-order chi connectivity index (χ1) is 19.8. The molecular weight excluding hydrogens is 564 g/mol. The van der Waals surface area contributed by atoms with Gasteiger partial charge in [0.15, 0.2) is 0 Å². The molecule has 0 atom stereocenters. The Balaban J connectivity index is 1.37. The Kier molecular flexibility index (Phi) is 7.86. The van der Waals surface area contributed by atoms with Crippen molar-refractivity contribution in [2.24, 2.45) is 0 Å². The second-order valence-corrected chi connectivity index (χ2v) is 11.5. The van der Waals surface area contributed by atoms with Gasteiger partial charge < -0.3 is 4.57 Å². The van der Waals surface area contributed by atoms with Gasteiger partial charge in [-0.25, -0.2) is 0 Å². The van der Waals surface area contributed by atoms with Crippen LogP contribution in [0.25, 0.3) is 22.2 Å². The van der Waals surface area contributed by atoms with Gasteiger partial charge in [0.1, 0.15) is 0 Å². The number of halogens is 5. The molecule has 0 unspecified atom stereocenters. The number of aromatic nitrogens is 1. The molecule has 2 heterocycles. The van der Waals surface area contributed by atoms with Crippen LogP contribution in [-0.2, 0) is 19.3 Å². The summed E-state index contributed by atoms with van der Waals surface area (Å²) in [6, 6.07) is 29.7. The van der Waals surface area contributed by atoms with E-state index in [4.69, 9.17) is 23.2 Å². The predicted molar refractivity (Wildman–Crippen MR) is 162 cm³/mol. The van der Waals surface area contributed by atoms with Crippen LogP contribution in [0.5, 0.6) is 0 Å². The van der Waals surface area contributed by atoms with E-state index >= 15 is 0 Å². The van der Waals surface area contributed by atoms with E-state index in [1.807, 2.05) is 48.5 Å². The number of piperidine rings is 1. The highest BCUT2D eigenvalue weighted by Gasteiger charge is 2.31. The zero-order valence-electron chi connectivity index (χ0n) is 22.3. The predicted octanol–water partition coefficient (Wildman–Crippen LogP) is 10.1. The van der Waals surface area contributed by atoms with E-state index in [1.54, 1.807) is 6.07 Å². The zero-order valence-corrected chi connectivity index (χ0v) is 23.9. The lowest BCUT2D eigenvalue weighted by Crippen LogP contribution is -2.32. The lowest BCUT2D eigenvalue weighted by Gasteiger charge is -2.33. The minimum absolute atomic E-state index is 0.309. The molecule has 0 bridgehead atoms. The molecule has 4 aromatic carbocycles. The number of benzene rings is 4. The van der Waals surface area contributed by atoms with Crippen molar-refractivity contribution in [3.63, 3.8) is 0 Å². The summed E-state index contributed by atoms with van der Waals surface area (Å²) < 4.78 is 42.7. The monoisotopic (exact) mass is 592 g/mol. The van der Waals surface area contributed by atoms with Crippen molar-refractivity contribution in [3.8, 4) is 11.3 Å². The van der Waals surface area contributed by atoms with Crippen molar-refractivity contribution in [1.82, 2.24) is 9.47 Å². The van der Waals surface area contributed by atoms with Gasteiger partial charge in [-0.2, -0.15) is 13.2 Å². The summed E-state index contributed by atoms with van der Waals surface area (Å²) in [5.41, 5.74) is 5.31. The average Bonchev–Trinajstić information content (AvgIpc) is 3.26. The molecule has 0 saturated carbocycles. The Labute approximate surface area is 247 Å². The van der Waals surface area contributed by atoms with E-state index in [2.05, 4.69) is 33.7 Å². The average molecular weight is 594 g/mol. The van der Waals surface area contributed by atoms with Gasteiger partial charge in [-0.3, -0.25) is 4.90 Å². The maximum atomic E-state index is 13.5. The molecular formula is C34H29Cl2F3N2. The number of likely N-dealkylation sites (tertiary alicyclic amines) is 1. The maximum Gasteiger partial charge on any atom is 0.416 e. The van der Waals surface area contributed by atoms with Crippen molar-refractivity contribution in [2.45, 2.75) is 38.0 Å². The van der Waals surface area contributed by atoms with Crippen LogP contribution >= 0.6 is 23.2 Å². The smallest absolute Gasteiger partial charge is 0.336 e. The van der Waals surface area contributed by atoms with Crippen LogP contribution in [0.3, 0.4) is 0 Å². The number of rotatable bonds is 6. The van der Waals surface area contributed by atoms with E-state index in [-0.39, 0.29) is 0 Å². The van der Waals surface area contributed by atoms with Gasteiger partial charge in [-0.15, -0.1) is 0 Å². The fraction of sp³-hybridized carbons (Fsp3) is 0.235. The summed E-state index contributed by atoms with van der Waals surface area (Å²) in [5, 5.41) is 2.56. The Morgan fingerprint density at radius 2 is 1.39 bits per heavy atom. The van der Waals surface area contributed by atoms with Gasteiger partial charge in [-0.05, 0) is 84.4 Å². The van der Waals surface area contributed by atoms with Crippen molar-refractivity contribution in [1.29, 1.82) is 0 Å². The minimum Gasteiger partial charge on any atom is -0.336 e. The third-order valence-corrected chi connectivity index (χ3v) is 8.75. The Morgan fingerprint density at radius 3 is 2.10 bits per heavy atom. The SMILES string of the molecule is FC(F)(F)c1cccc(Cn2c(-c3ccccc3)c(CN3CCC(c4c(Cl)cccc4Cl)CC3)c3ccccc32)c1. The number of nitrogens with zero attached hydrogens (tertiary/aromatic N) is 2. The standard InChI is InChI=1S/C34H29Cl2F3N2/c35-29-13-7-14-30(36)32(29)24-16-18-40(19-17-24)22-28-27-12-4-5-15-31(27)41(33(28)25-9-2-1-3-10-25)21-23-8-6-11-26(20-23)34(37,38)39/h1-15,20,24H,16-19,21-22H2. The summed E-state index contributed by atoms with van der Waals surface area (Å²) in [5.74, 6) is 0.309. The quantitative estimate of drug-likeness (QED) is 0.190. The van der Waals surface area contributed by atoms with E-state index in [1.165, 1.54) is 17.7 Å². The molecule has 1 aliphatic heterocycles. The summed E-state index contributed by atoms with van der Waals surface area (Å²) in [6.07, 6.45) is -2.48. The largest absolute Gasteiger partial charge is 0.416 e. The highest BCUT2D eigenvalue weighted by molar-refractivity contribution is 6.36. The van der Waals surface area contributed by atoms with Crippen molar-refractivity contribution in [2.75, 3.05) is 13.1 Å². The minimum atomic E-state index is -4.39. The molecule has 1 fully saturated rings. The summed E-state index contributed by atoms with van der Waals surface area (Å²) >= 11 is 13.0. The van der Waals surface area contributed by atoms with Gasteiger partial charge in [-0.1, -0.05) is 89.9 Å². The van der Waals surface area contributed by atoms with Gasteiger partial charge in [0.05, 0.1) is 11.3 Å². The molecule has 1 saturated heterocycles. The molecule has 2 nitrogen and oxygen atoms in total. The maximum absolute atomic E-state index is 13.5. The van der Waals surface area contributed by atoms with Crippen molar-refractivity contribution < 1.29 is 13.2 Å². The van der Waals surface area contributed by atoms with E-state index < -0.39 is 11.7 Å². The van der Waals surface area contributed by atoms with E-state index in [0.29, 0.717) is 18.0 Å². The first kappa shape index (κ1) is 27.9. The van der Waals surface area contributed by atoms with Crippen LogP contribution in [0.1, 0.15) is 41.0 Å². The lowest BCUT2D eigenvalue weighted by molar-refractivity contribution is -0.137. The first-order valence-electron chi connectivity index (χ1n) is 13.8. The Morgan fingerprint density at radius 1 is 0.732 bits per heavy atom. The topological polar surface area (TPSA) is 8.17 Å². The Hall–Kier alpha value is -3.25. The van der Waals surface area contributed by atoms with Crippen LogP contribution in [0.15, 0.2) is 97.1 Å². The highest BCUT2D eigenvalue weighted by atomic mass is 35.5. The zero-order chi connectivity index (χ0) is 28.6. The molecule has 210 valence electrons. The molecule has 5 aromatic rings. The normalized spacial score (nSPS) is 15.0. The molecule has 0 spiro atoms. The number of hydrogen-bond donors (Lipinski definition) is 0. The van der Waals surface area contributed by atoms with Gasteiger partial charge in [0, 0.05) is 34.0 Å². The third-order valence-electron chi connectivity index (χ3n) is 8.10. The first-order valence-corrected chi connectivity index (χ1v) is 14.5. The summed E-state index contributed by atoms with van der Waals surface area (Å²) in [7, 11) is 0. The lowest BCUT2D eigenvalue weighted by atomic mass is 9.89. The van der Waals surface area contributed by atoms with Gasteiger partial charge in [0.25, 0.3) is 0 Å². The highest BCUT2D eigenvalue weighted by Crippen LogP contribution is 2.40. The molecule has 1 aromatic heterocycles. The molecule has 41 heavy (non-hydrogen) atoms. The number of alkyl halides is 3. The second kappa shape index (κ2) is 11.6. The molecule has 6 rings (SSSR count). The van der Waals surface area contributed by atoms with Crippen molar-refractivity contribution in [3.05, 3.63) is 129 Å². The van der Waals surface area contributed by atoms with Crippen LogP contribution in [0.4, 0.5) is 13.2 Å². The van der Waals surface area contributed by atoms with Crippen LogP contribution < -0.4 is 0 Å². The molecule has 0 N–H and O–H groups in total. The molecule has 0 amide bonds. The summed E-state index contributed by atoms with van der Waals surface area (Å²) in [4.78, 5) is 2.46. The fourth-order valence-corrected chi connectivity index (χ4v) is 6.86. The van der Waals surface area contributed by atoms with Gasteiger partial charge in [0.2, 0.25) is 0 Å². The van der Waals surface area contributed by atoms with Crippen LogP contribution in [0, 0.1) is 0 Å². The van der Waals surface area contributed by atoms with Gasteiger partial charge >= 0.3 is 6.18 Å². The van der Waals surface area contributed by atoms with Crippen LogP contribution in [-0.4, -0.2) is 22.6 Å². The number of fused-ring (bicyclic) bond motifs is 1. The third kappa shape index (κ3) is 5.76. The van der Waals surface area contributed by atoms with E-state index in [9.17, 15) is 13.2 Å². The molecule has 1 aliphatic rings. The molecule has 0 aliphatic carbocycles. The second-order valence-electron chi connectivity index (χ2n) is 10.7. The number of para-hydroxylation sites is 1. The number of hydrogen-bond acceptors (Lipinski definition) is 1. The molecule has 7 heteroatoms. The van der Waals surface area contributed by atoms with Crippen molar-refractivity contribution >= 4 is 34.1 Å². The Bertz CT molecular complexity index is 1650. The van der Waals surface area contributed by atoms with Crippen LogP contribution in [0.2, 0.25) is 10.0 Å². The summed E-state index contributed by atoms with van der Waals surface area (Å²) in [6.45, 7) is 2.87. The van der Waals surface area contributed by atoms with E-state index in [0.717, 1.165) is 76.3 Å².